The lowest BCUT2D eigenvalue weighted by Gasteiger charge is -2.20. The van der Waals surface area contributed by atoms with Crippen LogP contribution in [0, 0.1) is 18.3 Å². The zero-order chi connectivity index (χ0) is 25.1. The van der Waals surface area contributed by atoms with Gasteiger partial charge in [-0.1, -0.05) is 48.2 Å². The molecule has 2 aromatic carbocycles. The second kappa shape index (κ2) is 9.91. The highest BCUT2D eigenvalue weighted by Crippen LogP contribution is 2.32. The van der Waals surface area contributed by atoms with Gasteiger partial charge < -0.3 is 10.1 Å². The number of amides is 1. The number of benzene rings is 2. The Morgan fingerprint density at radius 2 is 1.74 bits per heavy atom. The number of esters is 1. The Kier molecular flexibility index (Phi) is 6.75. The SMILES string of the molecule is CCOC(=O)c1cc(C#N)c(SCC(=O)Nc2cccc3c2C(=O)c2ccccc2C3=O)nc1C. The van der Waals surface area contributed by atoms with Crippen molar-refractivity contribution in [3.8, 4) is 6.07 Å². The van der Waals surface area contributed by atoms with Gasteiger partial charge in [-0.2, -0.15) is 5.26 Å². The first kappa shape index (κ1) is 23.9. The molecular formula is C26H19N3O5S. The number of pyridine rings is 1. The summed E-state index contributed by atoms with van der Waals surface area (Å²) in [6.45, 7) is 3.49. The number of nitriles is 1. The van der Waals surface area contributed by atoms with E-state index in [0.717, 1.165) is 11.8 Å². The van der Waals surface area contributed by atoms with Crippen LogP contribution in [0.5, 0.6) is 0 Å². The molecule has 0 fully saturated rings. The molecule has 1 aliphatic rings. The topological polar surface area (TPSA) is 126 Å². The van der Waals surface area contributed by atoms with Crippen LogP contribution in [0.25, 0.3) is 0 Å². The molecule has 0 radical (unpaired) electrons. The fourth-order valence-corrected chi connectivity index (χ4v) is 4.56. The van der Waals surface area contributed by atoms with Crippen LogP contribution in [-0.4, -0.2) is 40.8 Å². The summed E-state index contributed by atoms with van der Waals surface area (Å²) in [5, 5.41) is 12.5. The van der Waals surface area contributed by atoms with Crippen LogP contribution < -0.4 is 5.32 Å². The number of nitrogens with one attached hydrogen (secondary N) is 1. The number of ether oxygens (including phenoxy) is 1. The van der Waals surface area contributed by atoms with E-state index >= 15 is 0 Å². The highest BCUT2D eigenvalue weighted by molar-refractivity contribution is 8.00. The smallest absolute Gasteiger partial charge is 0.340 e. The monoisotopic (exact) mass is 485 g/mol. The van der Waals surface area contributed by atoms with E-state index in [0.29, 0.717) is 21.8 Å². The lowest BCUT2D eigenvalue weighted by molar-refractivity contribution is -0.113. The van der Waals surface area contributed by atoms with Gasteiger partial charge in [0.1, 0.15) is 11.1 Å². The zero-order valence-electron chi connectivity index (χ0n) is 18.9. The first-order chi connectivity index (χ1) is 16.8. The molecule has 9 heteroatoms. The van der Waals surface area contributed by atoms with Gasteiger partial charge in [-0.3, -0.25) is 14.4 Å². The molecule has 0 spiro atoms. The summed E-state index contributed by atoms with van der Waals surface area (Å²) in [5.74, 6) is -1.74. The van der Waals surface area contributed by atoms with Crippen LogP contribution in [0.15, 0.2) is 53.6 Å². The standard InChI is InChI=1S/C26H19N3O5S/c1-3-34-26(33)19-11-15(12-27)25(28-14(19)2)35-13-21(30)29-20-10-6-9-18-22(20)24(32)17-8-5-4-7-16(17)23(18)31/h4-11H,3,13H2,1-2H3,(H,29,30). The van der Waals surface area contributed by atoms with Crippen molar-refractivity contribution in [1.82, 2.24) is 4.98 Å². The van der Waals surface area contributed by atoms with E-state index in [1.165, 1.54) is 6.07 Å². The number of hydrogen-bond acceptors (Lipinski definition) is 8. The molecule has 0 aliphatic heterocycles. The molecule has 3 aromatic rings. The minimum Gasteiger partial charge on any atom is -0.462 e. The van der Waals surface area contributed by atoms with Crippen molar-refractivity contribution in [3.05, 3.63) is 87.6 Å². The first-order valence-corrected chi connectivity index (χ1v) is 11.7. The Morgan fingerprint density at radius 1 is 1.06 bits per heavy atom. The van der Waals surface area contributed by atoms with Gasteiger partial charge in [0, 0.05) is 16.7 Å². The van der Waals surface area contributed by atoms with Crippen molar-refractivity contribution >= 4 is 40.9 Å². The van der Waals surface area contributed by atoms with Gasteiger partial charge in [-0.25, -0.2) is 9.78 Å². The Bertz CT molecular complexity index is 1440. The number of anilines is 1. The first-order valence-electron chi connectivity index (χ1n) is 10.7. The Balaban J connectivity index is 1.54. The van der Waals surface area contributed by atoms with Crippen molar-refractivity contribution in [1.29, 1.82) is 5.26 Å². The molecule has 174 valence electrons. The highest BCUT2D eigenvalue weighted by Gasteiger charge is 2.31. The lowest BCUT2D eigenvalue weighted by atomic mass is 9.83. The summed E-state index contributed by atoms with van der Waals surface area (Å²) in [5.41, 5.74) is 1.97. The van der Waals surface area contributed by atoms with Crippen molar-refractivity contribution in [2.24, 2.45) is 0 Å². The average Bonchev–Trinajstić information content (AvgIpc) is 2.86. The zero-order valence-corrected chi connectivity index (χ0v) is 19.7. The van der Waals surface area contributed by atoms with Gasteiger partial charge in [-0.15, -0.1) is 0 Å². The molecule has 0 saturated heterocycles. The summed E-state index contributed by atoms with van der Waals surface area (Å²) in [6, 6.07) is 14.7. The van der Waals surface area contributed by atoms with Crippen LogP contribution in [0.2, 0.25) is 0 Å². The van der Waals surface area contributed by atoms with E-state index in [9.17, 15) is 24.4 Å². The van der Waals surface area contributed by atoms with Gasteiger partial charge in [0.25, 0.3) is 0 Å². The van der Waals surface area contributed by atoms with Crippen LogP contribution in [0.4, 0.5) is 5.69 Å². The number of aryl methyl sites for hydroxylation is 1. The van der Waals surface area contributed by atoms with Crippen molar-refractivity contribution in [2.45, 2.75) is 18.9 Å². The number of carbonyl (C=O) groups excluding carboxylic acids is 4. The maximum atomic E-state index is 13.1. The molecule has 1 aliphatic carbocycles. The van der Waals surface area contributed by atoms with E-state index in [4.69, 9.17) is 4.74 Å². The number of hydrogen-bond donors (Lipinski definition) is 1. The Labute approximate surface area is 205 Å². The van der Waals surface area contributed by atoms with Crippen LogP contribution >= 0.6 is 11.8 Å². The Morgan fingerprint density at radius 3 is 2.43 bits per heavy atom. The number of carbonyl (C=O) groups is 4. The van der Waals surface area contributed by atoms with Crippen molar-refractivity contribution in [2.75, 3.05) is 17.7 Å². The predicted molar refractivity (Wildman–Crippen MR) is 129 cm³/mol. The van der Waals surface area contributed by atoms with E-state index in [-0.39, 0.29) is 51.9 Å². The second-order valence-electron chi connectivity index (χ2n) is 7.58. The van der Waals surface area contributed by atoms with Crippen molar-refractivity contribution < 1.29 is 23.9 Å². The average molecular weight is 486 g/mol. The van der Waals surface area contributed by atoms with Gasteiger partial charge in [0.15, 0.2) is 11.6 Å². The van der Waals surface area contributed by atoms with Gasteiger partial charge in [0.2, 0.25) is 5.91 Å². The number of ketones is 2. The van der Waals surface area contributed by atoms with E-state index < -0.39 is 11.9 Å². The largest absolute Gasteiger partial charge is 0.462 e. The number of thioether (sulfide) groups is 1. The summed E-state index contributed by atoms with van der Waals surface area (Å²) in [6.07, 6.45) is 0. The number of fused-ring (bicyclic) bond motifs is 2. The number of nitrogens with zero attached hydrogens (tertiary/aromatic N) is 2. The van der Waals surface area contributed by atoms with E-state index in [2.05, 4.69) is 10.3 Å². The van der Waals surface area contributed by atoms with Crippen LogP contribution in [0.3, 0.4) is 0 Å². The maximum Gasteiger partial charge on any atom is 0.340 e. The van der Waals surface area contributed by atoms with E-state index in [1.807, 2.05) is 6.07 Å². The maximum absolute atomic E-state index is 13.1. The van der Waals surface area contributed by atoms with Crippen LogP contribution in [0.1, 0.15) is 60.4 Å². The lowest BCUT2D eigenvalue weighted by Crippen LogP contribution is -2.24. The Hall–Kier alpha value is -4.29. The van der Waals surface area contributed by atoms with E-state index in [1.54, 1.807) is 56.3 Å². The minimum absolute atomic E-state index is 0.109. The third-order valence-corrected chi connectivity index (χ3v) is 6.35. The molecule has 1 heterocycles. The molecule has 1 amide bonds. The molecule has 0 atom stereocenters. The summed E-state index contributed by atoms with van der Waals surface area (Å²) in [7, 11) is 0. The van der Waals surface area contributed by atoms with Gasteiger partial charge in [0.05, 0.1) is 40.4 Å². The normalized spacial score (nSPS) is 11.8. The quantitative estimate of drug-likeness (QED) is 0.321. The third-order valence-electron chi connectivity index (χ3n) is 5.36. The minimum atomic E-state index is -0.571. The van der Waals surface area contributed by atoms with Gasteiger partial charge >= 0.3 is 5.97 Å². The summed E-state index contributed by atoms with van der Waals surface area (Å²) in [4.78, 5) is 55.1. The predicted octanol–water partition coefficient (Wildman–Crippen LogP) is 3.94. The highest BCUT2D eigenvalue weighted by atomic mass is 32.2. The molecule has 0 saturated carbocycles. The number of rotatable bonds is 6. The molecule has 35 heavy (non-hydrogen) atoms. The molecule has 1 aromatic heterocycles. The molecular weight excluding hydrogens is 466 g/mol. The molecule has 0 unspecified atom stereocenters. The third kappa shape index (κ3) is 4.56. The summed E-state index contributed by atoms with van der Waals surface area (Å²) < 4.78 is 4.99. The van der Waals surface area contributed by atoms with Crippen molar-refractivity contribution in [3.63, 3.8) is 0 Å². The summed E-state index contributed by atoms with van der Waals surface area (Å²) >= 11 is 1.02. The fraction of sp³-hybridized carbons (Fsp3) is 0.154. The number of aromatic nitrogens is 1. The molecule has 1 N–H and O–H groups in total. The molecule has 4 rings (SSSR count). The van der Waals surface area contributed by atoms with Gasteiger partial charge in [-0.05, 0) is 26.0 Å². The molecule has 0 bridgehead atoms. The molecule has 8 nitrogen and oxygen atoms in total. The second-order valence-corrected chi connectivity index (χ2v) is 8.54. The van der Waals surface area contributed by atoms with Crippen LogP contribution in [-0.2, 0) is 9.53 Å². The fourth-order valence-electron chi connectivity index (χ4n) is 3.76.